The highest BCUT2D eigenvalue weighted by atomic mass is 16.5. The molecule has 0 spiro atoms. The number of hydrogen-bond donors (Lipinski definition) is 0. The van der Waals surface area contributed by atoms with Crippen LogP contribution in [0, 0.1) is 11.8 Å². The number of ether oxygens (including phenoxy) is 1. The minimum Gasteiger partial charge on any atom is -0.466 e. The molecule has 0 aromatic heterocycles. The zero-order valence-electron chi connectivity index (χ0n) is 10.1. The quantitative estimate of drug-likeness (QED) is 0.734. The third kappa shape index (κ3) is 2.09. The van der Waals surface area contributed by atoms with E-state index in [-0.39, 0.29) is 23.6 Å². The van der Waals surface area contributed by atoms with Gasteiger partial charge in [-0.05, 0) is 18.9 Å². The highest BCUT2D eigenvalue weighted by molar-refractivity contribution is 6.02. The maximum atomic E-state index is 12.1. The lowest BCUT2D eigenvalue weighted by molar-refractivity contribution is -0.149. The Morgan fingerprint density at radius 3 is 2.82 bits per heavy atom. The molecule has 0 bridgehead atoms. The maximum Gasteiger partial charge on any atom is 0.309 e. The number of ketones is 1. The summed E-state index contributed by atoms with van der Waals surface area (Å²) in [6.45, 7) is 3.94. The van der Waals surface area contributed by atoms with Gasteiger partial charge in [0.2, 0.25) is 0 Å². The molecule has 17 heavy (non-hydrogen) atoms. The van der Waals surface area contributed by atoms with Crippen LogP contribution >= 0.6 is 0 Å². The van der Waals surface area contributed by atoms with Crippen molar-refractivity contribution in [3.63, 3.8) is 0 Å². The van der Waals surface area contributed by atoms with Crippen LogP contribution in [0.5, 0.6) is 0 Å². The Balaban J connectivity index is 2.31. The van der Waals surface area contributed by atoms with Gasteiger partial charge in [0, 0.05) is 11.5 Å². The topological polar surface area (TPSA) is 43.4 Å². The van der Waals surface area contributed by atoms with E-state index in [1.54, 1.807) is 13.8 Å². The average Bonchev–Trinajstić information content (AvgIpc) is 2.34. The number of fused-ring (bicyclic) bond motifs is 1. The van der Waals surface area contributed by atoms with Crippen LogP contribution in [0.25, 0.3) is 0 Å². The summed E-state index contributed by atoms with van der Waals surface area (Å²) in [5.41, 5.74) is 1.70. The van der Waals surface area contributed by atoms with E-state index in [2.05, 4.69) is 0 Å². The molecule has 90 valence electrons. The van der Waals surface area contributed by atoms with Crippen LogP contribution in [0.1, 0.15) is 29.8 Å². The summed E-state index contributed by atoms with van der Waals surface area (Å²) < 4.78 is 5.02. The highest BCUT2D eigenvalue weighted by Gasteiger charge is 2.37. The molecule has 2 rings (SSSR count). The Morgan fingerprint density at radius 1 is 1.41 bits per heavy atom. The lowest BCUT2D eigenvalue weighted by Crippen LogP contribution is -2.35. The summed E-state index contributed by atoms with van der Waals surface area (Å²) in [5.74, 6) is -0.839. The molecule has 0 saturated carbocycles. The summed E-state index contributed by atoms with van der Waals surface area (Å²) in [7, 11) is 0. The molecule has 0 radical (unpaired) electrons. The molecule has 1 aromatic carbocycles. The van der Waals surface area contributed by atoms with Crippen molar-refractivity contribution in [2.75, 3.05) is 6.61 Å². The van der Waals surface area contributed by atoms with Gasteiger partial charge in [-0.15, -0.1) is 0 Å². The van der Waals surface area contributed by atoms with E-state index in [9.17, 15) is 9.59 Å². The monoisotopic (exact) mass is 232 g/mol. The molecule has 1 aliphatic carbocycles. The number of carbonyl (C=O) groups excluding carboxylic acids is 2. The van der Waals surface area contributed by atoms with Gasteiger partial charge < -0.3 is 4.74 Å². The van der Waals surface area contributed by atoms with Crippen molar-refractivity contribution in [3.8, 4) is 0 Å². The number of rotatable bonds is 2. The van der Waals surface area contributed by atoms with Crippen molar-refractivity contribution in [1.29, 1.82) is 0 Å². The Hall–Kier alpha value is -1.64. The van der Waals surface area contributed by atoms with Gasteiger partial charge in [-0.3, -0.25) is 9.59 Å². The van der Waals surface area contributed by atoms with Crippen molar-refractivity contribution in [2.24, 2.45) is 11.8 Å². The molecule has 3 nitrogen and oxygen atoms in total. The SMILES string of the molecule is CCOC(=O)[C@@H]1Cc2ccccc2C(=O)[C@@H]1C. The van der Waals surface area contributed by atoms with Crippen molar-refractivity contribution in [2.45, 2.75) is 20.3 Å². The van der Waals surface area contributed by atoms with Crippen LogP contribution in [0.2, 0.25) is 0 Å². The second kappa shape index (κ2) is 4.70. The van der Waals surface area contributed by atoms with Crippen LogP contribution in [0.3, 0.4) is 0 Å². The second-order valence-electron chi connectivity index (χ2n) is 4.37. The summed E-state index contributed by atoms with van der Waals surface area (Å²) >= 11 is 0. The van der Waals surface area contributed by atoms with Crippen LogP contribution in [0.4, 0.5) is 0 Å². The van der Waals surface area contributed by atoms with E-state index >= 15 is 0 Å². The van der Waals surface area contributed by atoms with Gasteiger partial charge in [-0.25, -0.2) is 0 Å². The minimum absolute atomic E-state index is 0.0462. The zero-order chi connectivity index (χ0) is 12.4. The first kappa shape index (κ1) is 11.8. The van der Waals surface area contributed by atoms with Crippen molar-refractivity contribution >= 4 is 11.8 Å². The normalized spacial score (nSPS) is 23.1. The van der Waals surface area contributed by atoms with E-state index in [1.807, 2.05) is 24.3 Å². The van der Waals surface area contributed by atoms with Crippen molar-refractivity contribution in [3.05, 3.63) is 35.4 Å². The second-order valence-corrected chi connectivity index (χ2v) is 4.37. The van der Waals surface area contributed by atoms with Crippen LogP contribution in [0.15, 0.2) is 24.3 Å². The van der Waals surface area contributed by atoms with Gasteiger partial charge in [0.15, 0.2) is 5.78 Å². The van der Waals surface area contributed by atoms with Gasteiger partial charge in [0.25, 0.3) is 0 Å². The highest BCUT2D eigenvalue weighted by Crippen LogP contribution is 2.30. The predicted molar refractivity (Wildman–Crippen MR) is 63.8 cm³/mol. The molecule has 0 N–H and O–H groups in total. The lowest BCUT2D eigenvalue weighted by atomic mass is 9.76. The molecule has 1 aromatic rings. The Labute approximate surface area is 101 Å². The van der Waals surface area contributed by atoms with Crippen LogP contribution in [-0.4, -0.2) is 18.4 Å². The van der Waals surface area contributed by atoms with E-state index in [0.29, 0.717) is 13.0 Å². The third-order valence-electron chi connectivity index (χ3n) is 3.33. The largest absolute Gasteiger partial charge is 0.466 e. The first-order valence-corrected chi connectivity index (χ1v) is 5.94. The standard InChI is InChI=1S/C14H16O3/c1-3-17-14(16)12-8-10-6-4-5-7-11(10)13(15)9(12)2/h4-7,9,12H,3,8H2,1-2H3/t9-,12-/m1/s1. The molecule has 3 heteroatoms. The Morgan fingerprint density at radius 2 is 2.12 bits per heavy atom. The van der Waals surface area contributed by atoms with E-state index in [1.165, 1.54) is 0 Å². The number of carbonyl (C=O) groups is 2. The lowest BCUT2D eigenvalue weighted by Gasteiger charge is -2.27. The molecular formula is C14H16O3. The predicted octanol–water partition coefficient (Wildman–Crippen LogP) is 2.24. The summed E-state index contributed by atoms with van der Waals surface area (Å²) in [5, 5.41) is 0. The number of esters is 1. The Kier molecular flexibility index (Phi) is 3.27. The van der Waals surface area contributed by atoms with E-state index < -0.39 is 0 Å². The molecule has 0 aliphatic heterocycles. The summed E-state index contributed by atoms with van der Waals surface area (Å²) in [4.78, 5) is 23.9. The summed E-state index contributed by atoms with van der Waals surface area (Å²) in [6, 6.07) is 7.49. The van der Waals surface area contributed by atoms with Gasteiger partial charge >= 0.3 is 5.97 Å². The van der Waals surface area contributed by atoms with E-state index in [0.717, 1.165) is 11.1 Å². The van der Waals surface area contributed by atoms with Crippen LogP contribution in [-0.2, 0) is 16.0 Å². The molecular weight excluding hydrogens is 216 g/mol. The summed E-state index contributed by atoms with van der Waals surface area (Å²) in [6.07, 6.45) is 0.599. The fraction of sp³-hybridized carbons (Fsp3) is 0.429. The van der Waals surface area contributed by atoms with Crippen LogP contribution < -0.4 is 0 Å². The smallest absolute Gasteiger partial charge is 0.309 e. The molecule has 0 saturated heterocycles. The molecule has 0 unspecified atom stereocenters. The number of Topliss-reactive ketones (excluding diaryl/α,β-unsaturated/α-hetero) is 1. The van der Waals surface area contributed by atoms with Gasteiger partial charge in [-0.2, -0.15) is 0 Å². The molecule has 0 fully saturated rings. The maximum absolute atomic E-state index is 12.1. The van der Waals surface area contributed by atoms with Gasteiger partial charge in [0.1, 0.15) is 0 Å². The van der Waals surface area contributed by atoms with Gasteiger partial charge in [-0.1, -0.05) is 31.2 Å². The van der Waals surface area contributed by atoms with Gasteiger partial charge in [0.05, 0.1) is 12.5 Å². The first-order chi connectivity index (χ1) is 8.15. The molecule has 0 amide bonds. The third-order valence-corrected chi connectivity index (χ3v) is 3.33. The molecule has 2 atom stereocenters. The average molecular weight is 232 g/mol. The number of benzene rings is 1. The minimum atomic E-state index is -0.336. The Bertz CT molecular complexity index is 451. The fourth-order valence-corrected chi connectivity index (χ4v) is 2.32. The zero-order valence-corrected chi connectivity index (χ0v) is 10.1. The molecule has 0 heterocycles. The first-order valence-electron chi connectivity index (χ1n) is 5.94. The number of hydrogen-bond acceptors (Lipinski definition) is 3. The van der Waals surface area contributed by atoms with Crippen molar-refractivity contribution in [1.82, 2.24) is 0 Å². The van der Waals surface area contributed by atoms with Crippen molar-refractivity contribution < 1.29 is 14.3 Å². The fourth-order valence-electron chi connectivity index (χ4n) is 2.32. The van der Waals surface area contributed by atoms with E-state index in [4.69, 9.17) is 4.74 Å². The molecule has 1 aliphatic rings.